The Morgan fingerprint density at radius 2 is 1.88 bits per heavy atom. The quantitative estimate of drug-likeness (QED) is 0.656. The third-order valence-electron chi connectivity index (χ3n) is 3.66. The van der Waals surface area contributed by atoms with Crippen LogP contribution in [0.1, 0.15) is 33.3 Å². The van der Waals surface area contributed by atoms with Crippen LogP contribution in [0, 0.1) is 20.8 Å². The Balaban J connectivity index is 1.69. The third kappa shape index (κ3) is 3.19. The highest BCUT2D eigenvalue weighted by Gasteiger charge is 2.21. The van der Waals surface area contributed by atoms with Gasteiger partial charge >= 0.3 is 5.97 Å². The molecule has 0 atom stereocenters. The van der Waals surface area contributed by atoms with Crippen molar-refractivity contribution in [3.05, 3.63) is 57.8 Å². The molecule has 0 saturated carbocycles. The van der Waals surface area contributed by atoms with Crippen LogP contribution in [-0.2, 0) is 11.3 Å². The van der Waals surface area contributed by atoms with Crippen LogP contribution in [0.25, 0.3) is 11.4 Å². The molecule has 0 amide bonds. The van der Waals surface area contributed by atoms with Gasteiger partial charge in [-0.05, 0) is 45.0 Å². The van der Waals surface area contributed by atoms with Gasteiger partial charge in [0.25, 0.3) is 5.89 Å². The molecule has 0 fully saturated rings. The Kier molecular flexibility index (Phi) is 4.40. The number of aryl methyl sites for hydroxylation is 2. The number of halogens is 1. The molecule has 0 N–H and O–H groups in total. The van der Waals surface area contributed by atoms with E-state index in [-0.39, 0.29) is 12.5 Å². The summed E-state index contributed by atoms with van der Waals surface area (Å²) in [6.07, 6.45) is 0. The molecule has 0 unspecified atom stereocenters. The summed E-state index contributed by atoms with van der Waals surface area (Å²) in [5.74, 6) is 1.37. The SMILES string of the molecule is Cc1oc(C)c(C(=O)OCc2nc(-c3ccc(Cl)cc3)no2)c1C. The van der Waals surface area contributed by atoms with Gasteiger partial charge in [-0.3, -0.25) is 0 Å². The molecule has 0 aliphatic carbocycles. The highest BCUT2D eigenvalue weighted by Crippen LogP contribution is 2.22. The molecule has 0 aliphatic heterocycles. The van der Waals surface area contributed by atoms with E-state index in [4.69, 9.17) is 25.3 Å². The van der Waals surface area contributed by atoms with Gasteiger partial charge in [0, 0.05) is 16.1 Å². The first kappa shape index (κ1) is 16.3. The van der Waals surface area contributed by atoms with Gasteiger partial charge in [0.15, 0.2) is 6.61 Å². The molecule has 24 heavy (non-hydrogen) atoms. The van der Waals surface area contributed by atoms with E-state index < -0.39 is 5.97 Å². The van der Waals surface area contributed by atoms with E-state index in [9.17, 15) is 4.79 Å². The Bertz CT molecular complexity index is 881. The van der Waals surface area contributed by atoms with E-state index in [1.165, 1.54) is 0 Å². The maximum Gasteiger partial charge on any atom is 0.342 e. The summed E-state index contributed by atoms with van der Waals surface area (Å²) >= 11 is 5.84. The van der Waals surface area contributed by atoms with Crippen LogP contribution in [0.4, 0.5) is 0 Å². The Labute approximate surface area is 143 Å². The first-order valence-electron chi connectivity index (χ1n) is 7.28. The van der Waals surface area contributed by atoms with Crippen molar-refractivity contribution in [3.63, 3.8) is 0 Å². The fraction of sp³-hybridized carbons (Fsp3) is 0.235. The molecule has 0 saturated heterocycles. The van der Waals surface area contributed by atoms with E-state index in [1.807, 2.05) is 6.92 Å². The monoisotopic (exact) mass is 346 g/mol. The van der Waals surface area contributed by atoms with E-state index in [2.05, 4.69) is 10.1 Å². The fourth-order valence-electron chi connectivity index (χ4n) is 2.32. The predicted molar refractivity (Wildman–Crippen MR) is 86.8 cm³/mol. The van der Waals surface area contributed by atoms with Gasteiger partial charge in [-0.1, -0.05) is 16.8 Å². The molecule has 0 spiro atoms. The van der Waals surface area contributed by atoms with Gasteiger partial charge in [0.2, 0.25) is 5.82 Å². The molecule has 124 valence electrons. The number of benzene rings is 1. The lowest BCUT2D eigenvalue weighted by Gasteiger charge is -2.01. The molecule has 6 nitrogen and oxygen atoms in total. The topological polar surface area (TPSA) is 78.4 Å². The summed E-state index contributed by atoms with van der Waals surface area (Å²) in [6.45, 7) is 5.23. The number of hydrogen-bond acceptors (Lipinski definition) is 6. The number of esters is 1. The zero-order valence-corrected chi connectivity index (χ0v) is 14.2. The normalized spacial score (nSPS) is 10.8. The number of carbonyl (C=O) groups excluding carboxylic acids is 1. The van der Waals surface area contributed by atoms with Crippen molar-refractivity contribution in [1.29, 1.82) is 0 Å². The summed E-state index contributed by atoms with van der Waals surface area (Å²) in [4.78, 5) is 16.4. The number of aromatic nitrogens is 2. The number of ether oxygens (including phenoxy) is 1. The Morgan fingerprint density at radius 3 is 2.50 bits per heavy atom. The fourth-order valence-corrected chi connectivity index (χ4v) is 2.45. The van der Waals surface area contributed by atoms with Crippen LogP contribution < -0.4 is 0 Å². The lowest BCUT2D eigenvalue weighted by atomic mass is 10.1. The zero-order valence-electron chi connectivity index (χ0n) is 13.4. The number of carbonyl (C=O) groups is 1. The van der Waals surface area contributed by atoms with Gasteiger partial charge in [-0.2, -0.15) is 4.98 Å². The average Bonchev–Trinajstić information content (AvgIpc) is 3.11. The first-order chi connectivity index (χ1) is 11.5. The molecular formula is C17H15ClN2O4. The highest BCUT2D eigenvalue weighted by molar-refractivity contribution is 6.30. The van der Waals surface area contributed by atoms with Crippen molar-refractivity contribution < 1.29 is 18.5 Å². The van der Waals surface area contributed by atoms with Crippen LogP contribution in [0.2, 0.25) is 5.02 Å². The third-order valence-corrected chi connectivity index (χ3v) is 3.91. The molecule has 2 aromatic heterocycles. The standard InChI is InChI=1S/C17H15ClN2O4/c1-9-10(2)23-11(3)15(9)17(21)22-8-14-19-16(20-24-14)12-4-6-13(18)7-5-12/h4-7H,8H2,1-3H3. The maximum atomic E-state index is 12.2. The minimum Gasteiger partial charge on any atom is -0.465 e. The van der Waals surface area contributed by atoms with Crippen molar-refractivity contribution in [2.24, 2.45) is 0 Å². The van der Waals surface area contributed by atoms with Gasteiger partial charge in [-0.25, -0.2) is 4.79 Å². The Hall–Kier alpha value is -2.60. The van der Waals surface area contributed by atoms with Crippen LogP contribution in [0.3, 0.4) is 0 Å². The number of rotatable bonds is 4. The predicted octanol–water partition coefficient (Wildman–Crippen LogP) is 4.27. The van der Waals surface area contributed by atoms with Crippen molar-refractivity contribution in [1.82, 2.24) is 10.1 Å². The lowest BCUT2D eigenvalue weighted by molar-refractivity contribution is 0.0427. The van der Waals surface area contributed by atoms with Crippen LogP contribution in [0.5, 0.6) is 0 Å². The second kappa shape index (κ2) is 6.49. The molecule has 1 aromatic carbocycles. The minimum atomic E-state index is -0.479. The van der Waals surface area contributed by atoms with Crippen molar-refractivity contribution >= 4 is 17.6 Å². The minimum absolute atomic E-state index is 0.109. The molecule has 3 rings (SSSR count). The first-order valence-corrected chi connectivity index (χ1v) is 7.65. The highest BCUT2D eigenvalue weighted by atomic mass is 35.5. The maximum absolute atomic E-state index is 12.2. The van der Waals surface area contributed by atoms with E-state index in [0.717, 1.165) is 11.1 Å². The van der Waals surface area contributed by atoms with Gasteiger partial charge in [0.1, 0.15) is 17.1 Å². The summed E-state index contributed by atoms with van der Waals surface area (Å²) < 4.78 is 15.8. The van der Waals surface area contributed by atoms with Crippen LogP contribution in [0.15, 0.2) is 33.2 Å². The van der Waals surface area contributed by atoms with E-state index >= 15 is 0 Å². The van der Waals surface area contributed by atoms with E-state index in [0.29, 0.717) is 27.9 Å². The lowest BCUT2D eigenvalue weighted by Crippen LogP contribution is -2.07. The second-order valence-electron chi connectivity index (χ2n) is 5.31. The summed E-state index contributed by atoms with van der Waals surface area (Å²) in [5, 5.41) is 4.49. The smallest absolute Gasteiger partial charge is 0.342 e. The molecular weight excluding hydrogens is 332 g/mol. The molecule has 0 bridgehead atoms. The van der Waals surface area contributed by atoms with Crippen molar-refractivity contribution in [3.8, 4) is 11.4 Å². The van der Waals surface area contributed by atoms with Gasteiger partial charge in [-0.15, -0.1) is 0 Å². The molecule has 0 aliphatic rings. The van der Waals surface area contributed by atoms with Gasteiger partial charge < -0.3 is 13.7 Å². The summed E-state index contributed by atoms with van der Waals surface area (Å²) in [5.41, 5.74) is 1.97. The van der Waals surface area contributed by atoms with Crippen LogP contribution >= 0.6 is 11.6 Å². The van der Waals surface area contributed by atoms with E-state index in [1.54, 1.807) is 38.1 Å². The largest absolute Gasteiger partial charge is 0.465 e. The molecule has 3 aromatic rings. The molecule has 7 heteroatoms. The van der Waals surface area contributed by atoms with Crippen molar-refractivity contribution in [2.75, 3.05) is 0 Å². The molecule has 0 radical (unpaired) electrons. The average molecular weight is 347 g/mol. The number of hydrogen-bond donors (Lipinski definition) is 0. The summed E-state index contributed by atoms with van der Waals surface area (Å²) in [7, 11) is 0. The summed E-state index contributed by atoms with van der Waals surface area (Å²) in [6, 6.07) is 7.04. The Morgan fingerprint density at radius 1 is 1.17 bits per heavy atom. The van der Waals surface area contributed by atoms with Crippen molar-refractivity contribution in [2.45, 2.75) is 27.4 Å². The molecule has 2 heterocycles. The van der Waals surface area contributed by atoms with Crippen LogP contribution in [-0.4, -0.2) is 16.1 Å². The second-order valence-corrected chi connectivity index (χ2v) is 5.75. The van der Waals surface area contributed by atoms with Gasteiger partial charge in [0.05, 0.1) is 0 Å². The number of furan rings is 1. The zero-order chi connectivity index (χ0) is 17.3. The number of nitrogens with zero attached hydrogens (tertiary/aromatic N) is 2.